The number of aliphatic imine (C=N–C) groups is 2. The molecular weight excluding hydrogens is 381 g/mol. The lowest BCUT2D eigenvalue weighted by molar-refractivity contribution is 0.0745. The van der Waals surface area contributed by atoms with E-state index in [1.807, 2.05) is 13.8 Å². The van der Waals surface area contributed by atoms with Crippen molar-refractivity contribution < 1.29 is 17.9 Å². The van der Waals surface area contributed by atoms with E-state index in [4.69, 9.17) is 10.5 Å². The van der Waals surface area contributed by atoms with Crippen molar-refractivity contribution in [2.45, 2.75) is 26.4 Å². The zero-order valence-electron chi connectivity index (χ0n) is 16.0. The number of rotatable bonds is 7. The molecule has 1 aliphatic rings. The standard InChI is InChI=1S/C21H21F3N4O/c1-3-29-12-14-10-18(26-11-14)19(27-17-8-13(2)9-17)28-20(25)21(23,24)15-4-6-16(22)7-5-15/h4-11,26H,3,12H2,1-2H3,(H2,25,27,28). The van der Waals surface area contributed by atoms with E-state index in [9.17, 15) is 13.2 Å². The minimum Gasteiger partial charge on any atom is -0.382 e. The molecule has 0 amide bonds. The number of hydrogen-bond acceptors (Lipinski definition) is 2. The van der Waals surface area contributed by atoms with Gasteiger partial charge in [0, 0.05) is 18.4 Å². The van der Waals surface area contributed by atoms with E-state index >= 15 is 0 Å². The number of halogens is 3. The summed E-state index contributed by atoms with van der Waals surface area (Å²) in [4.78, 5) is 11.2. The first kappa shape index (κ1) is 20.6. The summed E-state index contributed by atoms with van der Waals surface area (Å²) in [7, 11) is 0. The number of allylic oxidation sites excluding steroid dienone is 3. The maximum Gasteiger partial charge on any atom is 0.329 e. The molecular formula is C21H21F3N4O. The van der Waals surface area contributed by atoms with Crippen LogP contribution in [0.5, 0.6) is 0 Å². The first-order valence-electron chi connectivity index (χ1n) is 9.02. The first-order chi connectivity index (χ1) is 13.8. The molecule has 8 heteroatoms. The van der Waals surface area contributed by atoms with Crippen molar-refractivity contribution in [3.63, 3.8) is 0 Å². The van der Waals surface area contributed by atoms with Crippen LogP contribution in [0, 0.1) is 5.82 Å². The summed E-state index contributed by atoms with van der Waals surface area (Å²) in [5, 5.41) is 0. The summed E-state index contributed by atoms with van der Waals surface area (Å²) in [6, 6.07) is 5.57. The largest absolute Gasteiger partial charge is 0.382 e. The Kier molecular flexibility index (Phi) is 6.03. The summed E-state index contributed by atoms with van der Waals surface area (Å²) >= 11 is 0. The maximum absolute atomic E-state index is 14.7. The summed E-state index contributed by atoms with van der Waals surface area (Å²) in [5.41, 5.74) is 8.07. The fourth-order valence-electron chi connectivity index (χ4n) is 2.65. The van der Waals surface area contributed by atoms with Crippen molar-refractivity contribution in [3.05, 3.63) is 82.6 Å². The topological polar surface area (TPSA) is 75.8 Å². The van der Waals surface area contributed by atoms with Crippen LogP contribution in [0.3, 0.4) is 0 Å². The number of benzene rings is 1. The highest BCUT2D eigenvalue weighted by molar-refractivity contribution is 6.07. The van der Waals surface area contributed by atoms with Crippen LogP contribution in [0.15, 0.2) is 69.9 Å². The van der Waals surface area contributed by atoms with Crippen molar-refractivity contribution in [2.75, 3.05) is 6.61 Å². The van der Waals surface area contributed by atoms with Crippen molar-refractivity contribution >= 4 is 11.7 Å². The fraction of sp³-hybridized carbons (Fsp3) is 0.238. The van der Waals surface area contributed by atoms with Gasteiger partial charge in [-0.05, 0) is 67.5 Å². The molecule has 3 N–H and O–H groups in total. The average Bonchev–Trinajstić information content (AvgIpc) is 3.13. The summed E-state index contributed by atoms with van der Waals surface area (Å²) in [5.74, 6) is -5.13. The van der Waals surface area contributed by atoms with Gasteiger partial charge in [-0.25, -0.2) is 14.4 Å². The number of nitrogens with two attached hydrogens (primary N) is 1. The Morgan fingerprint density at radius 1 is 1.21 bits per heavy atom. The van der Waals surface area contributed by atoms with Crippen LogP contribution >= 0.6 is 0 Å². The number of aromatic amines is 1. The van der Waals surface area contributed by atoms with Crippen molar-refractivity contribution in [2.24, 2.45) is 15.7 Å². The molecule has 0 saturated heterocycles. The van der Waals surface area contributed by atoms with Crippen LogP contribution in [0.25, 0.3) is 0 Å². The summed E-state index contributed by atoms with van der Waals surface area (Å²) in [6.07, 6.45) is 5.29. The van der Waals surface area contributed by atoms with E-state index in [2.05, 4.69) is 15.0 Å². The van der Waals surface area contributed by atoms with Crippen molar-refractivity contribution in [1.29, 1.82) is 0 Å². The first-order valence-corrected chi connectivity index (χ1v) is 9.02. The zero-order valence-corrected chi connectivity index (χ0v) is 16.0. The molecule has 0 unspecified atom stereocenters. The predicted molar refractivity (Wildman–Crippen MR) is 106 cm³/mol. The number of hydrogen-bond donors (Lipinski definition) is 2. The molecule has 1 aromatic heterocycles. The monoisotopic (exact) mass is 402 g/mol. The third-order valence-electron chi connectivity index (χ3n) is 4.20. The Hall–Kier alpha value is -3.13. The zero-order chi connectivity index (χ0) is 21.0. The molecule has 29 heavy (non-hydrogen) atoms. The minimum absolute atomic E-state index is 0.0158. The summed E-state index contributed by atoms with van der Waals surface area (Å²) in [6.45, 7) is 4.69. The Balaban J connectivity index is 1.94. The van der Waals surface area contributed by atoms with Gasteiger partial charge in [-0.15, -0.1) is 0 Å². The second kappa shape index (κ2) is 8.48. The molecule has 0 aliphatic heterocycles. The smallest absolute Gasteiger partial charge is 0.329 e. The number of ether oxygens (including phenoxy) is 1. The third kappa shape index (κ3) is 4.83. The van der Waals surface area contributed by atoms with Gasteiger partial charge in [-0.3, -0.25) is 0 Å². The quantitative estimate of drug-likeness (QED) is 0.531. The molecule has 5 nitrogen and oxygen atoms in total. The highest BCUT2D eigenvalue weighted by Crippen LogP contribution is 2.29. The number of nitrogens with zero attached hydrogens (tertiary/aromatic N) is 2. The van der Waals surface area contributed by atoms with E-state index in [-0.39, 0.29) is 5.84 Å². The molecule has 1 aromatic carbocycles. The van der Waals surface area contributed by atoms with Gasteiger partial charge in [0.1, 0.15) is 5.82 Å². The number of aromatic nitrogens is 1. The summed E-state index contributed by atoms with van der Waals surface area (Å²) < 4.78 is 47.9. The van der Waals surface area contributed by atoms with E-state index < -0.39 is 23.1 Å². The van der Waals surface area contributed by atoms with E-state index in [0.717, 1.165) is 35.4 Å². The Labute approximate surface area is 166 Å². The minimum atomic E-state index is -3.59. The second-order valence-electron chi connectivity index (χ2n) is 6.53. The van der Waals surface area contributed by atoms with Gasteiger partial charge in [0.2, 0.25) is 0 Å². The number of nitrogens with one attached hydrogen (secondary N) is 1. The van der Waals surface area contributed by atoms with Crippen LogP contribution in [-0.4, -0.2) is 23.3 Å². The van der Waals surface area contributed by atoms with Gasteiger partial charge in [0.25, 0.3) is 0 Å². The molecule has 2 aromatic rings. The lowest BCUT2D eigenvalue weighted by Crippen LogP contribution is -2.34. The molecule has 0 fully saturated rings. The molecule has 0 saturated carbocycles. The Bertz CT molecular complexity index is 1000. The van der Waals surface area contributed by atoms with Gasteiger partial charge in [-0.1, -0.05) is 0 Å². The van der Waals surface area contributed by atoms with Crippen molar-refractivity contribution in [3.8, 4) is 0 Å². The molecule has 0 spiro atoms. The number of H-pyrrole nitrogens is 1. The van der Waals surface area contributed by atoms with Crippen LogP contribution in [-0.2, 0) is 17.3 Å². The van der Waals surface area contributed by atoms with Gasteiger partial charge in [0.05, 0.1) is 18.0 Å². The third-order valence-corrected chi connectivity index (χ3v) is 4.20. The van der Waals surface area contributed by atoms with Gasteiger partial charge >= 0.3 is 5.92 Å². The van der Waals surface area contributed by atoms with Crippen LogP contribution in [0.2, 0.25) is 0 Å². The van der Waals surface area contributed by atoms with Crippen LogP contribution < -0.4 is 5.73 Å². The number of amidine groups is 2. The lowest BCUT2D eigenvalue weighted by Gasteiger charge is -2.16. The van der Waals surface area contributed by atoms with Gasteiger partial charge < -0.3 is 15.5 Å². The van der Waals surface area contributed by atoms with E-state index in [1.165, 1.54) is 0 Å². The Morgan fingerprint density at radius 3 is 2.52 bits per heavy atom. The van der Waals surface area contributed by atoms with Crippen LogP contribution in [0.1, 0.15) is 30.7 Å². The molecule has 3 rings (SSSR count). The predicted octanol–water partition coefficient (Wildman–Crippen LogP) is 4.43. The highest BCUT2D eigenvalue weighted by Gasteiger charge is 2.37. The Morgan fingerprint density at radius 2 is 1.90 bits per heavy atom. The highest BCUT2D eigenvalue weighted by atomic mass is 19.3. The molecule has 0 radical (unpaired) electrons. The molecule has 1 heterocycles. The van der Waals surface area contributed by atoms with Crippen LogP contribution in [0.4, 0.5) is 13.2 Å². The van der Waals surface area contributed by atoms with E-state index in [0.29, 0.717) is 24.6 Å². The van der Waals surface area contributed by atoms with Gasteiger partial charge in [-0.2, -0.15) is 8.78 Å². The lowest BCUT2D eigenvalue weighted by atomic mass is 10.1. The van der Waals surface area contributed by atoms with Crippen molar-refractivity contribution in [1.82, 2.24) is 4.98 Å². The fourth-order valence-corrected chi connectivity index (χ4v) is 2.65. The maximum atomic E-state index is 14.7. The SMILES string of the molecule is CCOCc1c[nH]c(C(=NC2=CC(C)=C2)N=C(N)C(F)(F)c2ccc(F)cc2)c1. The van der Waals surface area contributed by atoms with Gasteiger partial charge in [0.15, 0.2) is 11.7 Å². The van der Waals surface area contributed by atoms with E-state index in [1.54, 1.807) is 24.4 Å². The molecule has 152 valence electrons. The molecule has 0 atom stereocenters. The normalized spacial score (nSPS) is 15.1. The molecule has 0 bridgehead atoms. The molecule has 1 aliphatic carbocycles. The average molecular weight is 402 g/mol. The number of alkyl halides is 2. The second-order valence-corrected chi connectivity index (χ2v) is 6.53.